The SMILES string of the molecule is NCC1CC(=O)N(C2CCS(=O)(=O)C2)C1. The van der Waals surface area contributed by atoms with Crippen LogP contribution in [0.3, 0.4) is 0 Å². The van der Waals surface area contributed by atoms with Gasteiger partial charge in [-0.05, 0) is 18.9 Å². The predicted molar refractivity (Wildman–Crippen MR) is 55.9 cm³/mol. The van der Waals surface area contributed by atoms with Crippen molar-refractivity contribution < 1.29 is 13.2 Å². The lowest BCUT2D eigenvalue weighted by molar-refractivity contribution is -0.129. The summed E-state index contributed by atoms with van der Waals surface area (Å²) < 4.78 is 22.6. The zero-order valence-electron chi connectivity index (χ0n) is 8.55. The molecule has 2 rings (SSSR count). The molecule has 0 aromatic carbocycles. The molecule has 2 aliphatic rings. The highest BCUT2D eigenvalue weighted by atomic mass is 32.2. The summed E-state index contributed by atoms with van der Waals surface area (Å²) in [7, 11) is -2.91. The molecule has 0 bridgehead atoms. The van der Waals surface area contributed by atoms with Crippen molar-refractivity contribution in [3.05, 3.63) is 0 Å². The van der Waals surface area contributed by atoms with Gasteiger partial charge in [-0.1, -0.05) is 0 Å². The Kier molecular flexibility index (Phi) is 2.72. The Morgan fingerprint density at radius 3 is 2.67 bits per heavy atom. The van der Waals surface area contributed by atoms with E-state index >= 15 is 0 Å². The Balaban J connectivity index is 2.04. The Morgan fingerprint density at radius 2 is 2.20 bits per heavy atom. The zero-order valence-corrected chi connectivity index (χ0v) is 9.37. The van der Waals surface area contributed by atoms with Gasteiger partial charge in [-0.25, -0.2) is 8.42 Å². The van der Waals surface area contributed by atoms with Crippen LogP contribution < -0.4 is 5.73 Å². The Hall–Kier alpha value is -0.620. The van der Waals surface area contributed by atoms with Crippen molar-refractivity contribution >= 4 is 15.7 Å². The number of hydrogen-bond donors (Lipinski definition) is 1. The van der Waals surface area contributed by atoms with Gasteiger partial charge in [0.15, 0.2) is 9.84 Å². The number of sulfone groups is 1. The Bertz CT molecular complexity index is 366. The number of hydrogen-bond acceptors (Lipinski definition) is 4. The molecule has 15 heavy (non-hydrogen) atoms. The summed E-state index contributed by atoms with van der Waals surface area (Å²) in [6.45, 7) is 1.14. The first-order chi connectivity index (χ1) is 7.02. The summed E-state index contributed by atoms with van der Waals surface area (Å²) in [6, 6.07) is -0.0981. The smallest absolute Gasteiger partial charge is 0.223 e. The minimum atomic E-state index is -2.91. The molecule has 0 spiro atoms. The van der Waals surface area contributed by atoms with Crippen LogP contribution in [0, 0.1) is 5.92 Å². The molecule has 86 valence electrons. The fourth-order valence-electron chi connectivity index (χ4n) is 2.34. The molecular weight excluding hydrogens is 216 g/mol. The fourth-order valence-corrected chi connectivity index (χ4v) is 4.07. The van der Waals surface area contributed by atoms with Crippen LogP contribution in [0.25, 0.3) is 0 Å². The third kappa shape index (κ3) is 2.15. The van der Waals surface area contributed by atoms with Gasteiger partial charge >= 0.3 is 0 Å². The maximum absolute atomic E-state index is 11.6. The molecule has 2 aliphatic heterocycles. The van der Waals surface area contributed by atoms with Crippen molar-refractivity contribution in [2.24, 2.45) is 11.7 Å². The predicted octanol–water partition coefficient (Wildman–Crippen LogP) is -1.02. The minimum Gasteiger partial charge on any atom is -0.338 e. The van der Waals surface area contributed by atoms with E-state index in [2.05, 4.69) is 0 Å². The molecule has 2 atom stereocenters. The quantitative estimate of drug-likeness (QED) is 0.661. The standard InChI is InChI=1S/C9H16N2O3S/c10-4-7-3-9(12)11(5-7)8-1-2-15(13,14)6-8/h7-8H,1-6,10H2. The molecule has 2 fully saturated rings. The molecule has 0 aromatic heterocycles. The van der Waals surface area contributed by atoms with Gasteiger partial charge in [-0.15, -0.1) is 0 Å². The first-order valence-electron chi connectivity index (χ1n) is 5.22. The van der Waals surface area contributed by atoms with Gasteiger partial charge in [0.1, 0.15) is 0 Å². The number of carbonyl (C=O) groups excluding carboxylic acids is 1. The van der Waals surface area contributed by atoms with Gasteiger partial charge in [0.25, 0.3) is 0 Å². The van der Waals surface area contributed by atoms with E-state index in [4.69, 9.17) is 5.73 Å². The second kappa shape index (κ2) is 3.75. The Labute approximate surface area is 89.5 Å². The average Bonchev–Trinajstić information content (AvgIpc) is 2.69. The lowest BCUT2D eigenvalue weighted by atomic mass is 10.1. The van der Waals surface area contributed by atoms with Gasteiger partial charge in [0.2, 0.25) is 5.91 Å². The van der Waals surface area contributed by atoms with Gasteiger partial charge in [-0.3, -0.25) is 4.79 Å². The Morgan fingerprint density at radius 1 is 1.47 bits per heavy atom. The summed E-state index contributed by atoms with van der Waals surface area (Å²) in [5.74, 6) is 0.624. The second-order valence-electron chi connectivity index (χ2n) is 4.41. The van der Waals surface area contributed by atoms with Crippen molar-refractivity contribution in [1.29, 1.82) is 0 Å². The van der Waals surface area contributed by atoms with Crippen LogP contribution in [-0.4, -0.2) is 49.9 Å². The highest BCUT2D eigenvalue weighted by molar-refractivity contribution is 7.91. The fraction of sp³-hybridized carbons (Fsp3) is 0.889. The first-order valence-corrected chi connectivity index (χ1v) is 7.04. The third-order valence-electron chi connectivity index (χ3n) is 3.22. The van der Waals surface area contributed by atoms with E-state index in [1.54, 1.807) is 4.90 Å². The van der Waals surface area contributed by atoms with Crippen molar-refractivity contribution in [3.63, 3.8) is 0 Å². The van der Waals surface area contributed by atoms with Crippen molar-refractivity contribution in [1.82, 2.24) is 4.90 Å². The van der Waals surface area contributed by atoms with E-state index in [1.807, 2.05) is 0 Å². The van der Waals surface area contributed by atoms with E-state index in [1.165, 1.54) is 0 Å². The summed E-state index contributed by atoms with van der Waals surface area (Å²) in [6.07, 6.45) is 1.07. The number of likely N-dealkylation sites (tertiary alicyclic amines) is 1. The molecule has 5 nitrogen and oxygen atoms in total. The molecule has 1 amide bonds. The molecule has 0 aliphatic carbocycles. The zero-order chi connectivity index (χ0) is 11.1. The lowest BCUT2D eigenvalue weighted by Crippen LogP contribution is -2.37. The number of nitrogens with two attached hydrogens (primary N) is 1. The normalized spacial score (nSPS) is 35.0. The van der Waals surface area contributed by atoms with Crippen LogP contribution in [0.5, 0.6) is 0 Å². The van der Waals surface area contributed by atoms with Gasteiger partial charge in [0.05, 0.1) is 11.5 Å². The highest BCUT2D eigenvalue weighted by Gasteiger charge is 2.39. The van der Waals surface area contributed by atoms with Crippen molar-refractivity contribution in [2.45, 2.75) is 18.9 Å². The van der Waals surface area contributed by atoms with Crippen LogP contribution >= 0.6 is 0 Å². The molecule has 2 heterocycles. The van der Waals surface area contributed by atoms with Gasteiger partial charge in [-0.2, -0.15) is 0 Å². The monoisotopic (exact) mass is 232 g/mol. The largest absolute Gasteiger partial charge is 0.338 e. The van der Waals surface area contributed by atoms with E-state index in [0.29, 0.717) is 25.9 Å². The van der Waals surface area contributed by atoms with E-state index < -0.39 is 9.84 Å². The average molecular weight is 232 g/mol. The maximum atomic E-state index is 11.6. The van der Waals surface area contributed by atoms with Crippen LogP contribution in [0.15, 0.2) is 0 Å². The molecule has 6 heteroatoms. The number of carbonyl (C=O) groups is 1. The molecule has 0 radical (unpaired) electrons. The first kappa shape index (κ1) is 10.9. The van der Waals surface area contributed by atoms with Gasteiger partial charge in [0, 0.05) is 19.0 Å². The second-order valence-corrected chi connectivity index (χ2v) is 6.64. The lowest BCUT2D eigenvalue weighted by Gasteiger charge is -2.22. The third-order valence-corrected chi connectivity index (χ3v) is 4.97. The summed E-state index contributed by atoms with van der Waals surface area (Å²) in [5.41, 5.74) is 5.51. The molecule has 0 saturated carbocycles. The molecule has 2 N–H and O–H groups in total. The van der Waals surface area contributed by atoms with Crippen molar-refractivity contribution in [3.8, 4) is 0 Å². The summed E-state index contributed by atoms with van der Waals surface area (Å²) in [4.78, 5) is 13.3. The molecular formula is C9H16N2O3S. The molecule has 2 saturated heterocycles. The van der Waals surface area contributed by atoms with Crippen molar-refractivity contribution in [2.75, 3.05) is 24.6 Å². The van der Waals surface area contributed by atoms with E-state index in [0.717, 1.165) is 0 Å². The summed E-state index contributed by atoms with van der Waals surface area (Å²) >= 11 is 0. The van der Waals surface area contributed by atoms with Gasteiger partial charge < -0.3 is 10.6 Å². The minimum absolute atomic E-state index is 0.0625. The highest BCUT2D eigenvalue weighted by Crippen LogP contribution is 2.25. The maximum Gasteiger partial charge on any atom is 0.223 e. The molecule has 2 unspecified atom stereocenters. The number of rotatable bonds is 2. The topological polar surface area (TPSA) is 80.5 Å². The summed E-state index contributed by atoms with van der Waals surface area (Å²) in [5, 5.41) is 0. The van der Waals surface area contributed by atoms with Crippen LogP contribution in [-0.2, 0) is 14.6 Å². The number of amides is 1. The van der Waals surface area contributed by atoms with Crippen LogP contribution in [0.2, 0.25) is 0 Å². The van der Waals surface area contributed by atoms with E-state index in [9.17, 15) is 13.2 Å². The van der Waals surface area contributed by atoms with E-state index in [-0.39, 0.29) is 29.4 Å². The van der Waals surface area contributed by atoms with Crippen LogP contribution in [0.1, 0.15) is 12.8 Å². The molecule has 0 aromatic rings. The number of nitrogens with zero attached hydrogens (tertiary/aromatic N) is 1. The van der Waals surface area contributed by atoms with Crippen LogP contribution in [0.4, 0.5) is 0 Å².